The highest BCUT2D eigenvalue weighted by Crippen LogP contribution is 2.38. The van der Waals surface area contributed by atoms with Crippen molar-refractivity contribution in [1.29, 1.82) is 5.26 Å². The summed E-state index contributed by atoms with van der Waals surface area (Å²) in [6.07, 6.45) is -2.90. The van der Waals surface area contributed by atoms with E-state index in [-0.39, 0.29) is 17.2 Å². The number of hydrogen-bond acceptors (Lipinski definition) is 6. The second-order valence-electron chi connectivity index (χ2n) is 6.41. The number of amides is 1. The number of aliphatic hydroxyl groups is 1. The number of halogens is 2. The number of aromatic nitrogens is 4. The van der Waals surface area contributed by atoms with Crippen LogP contribution in [0.1, 0.15) is 58.8 Å². The average molecular weight is 396 g/mol. The fraction of sp³-hybridized carbons (Fsp3) is 0.211. The van der Waals surface area contributed by atoms with Crippen LogP contribution in [0.4, 0.5) is 8.78 Å². The summed E-state index contributed by atoms with van der Waals surface area (Å²) < 4.78 is 27.6. The van der Waals surface area contributed by atoms with Gasteiger partial charge in [0.05, 0.1) is 11.6 Å². The molecule has 0 saturated heterocycles. The minimum atomic E-state index is -2.93. The maximum absolute atomic E-state index is 13.3. The van der Waals surface area contributed by atoms with Crippen molar-refractivity contribution < 1.29 is 18.7 Å². The molecule has 0 spiro atoms. The van der Waals surface area contributed by atoms with Crippen molar-refractivity contribution in [3.05, 3.63) is 70.9 Å². The van der Waals surface area contributed by atoms with Gasteiger partial charge < -0.3 is 5.11 Å². The van der Waals surface area contributed by atoms with E-state index in [0.717, 1.165) is 9.58 Å². The zero-order valence-corrected chi connectivity index (χ0v) is 15.1. The highest BCUT2D eigenvalue weighted by atomic mass is 19.3. The number of fused-ring (bicyclic) bond motifs is 1. The van der Waals surface area contributed by atoms with Crippen LogP contribution < -0.4 is 0 Å². The van der Waals surface area contributed by atoms with E-state index >= 15 is 0 Å². The molecule has 1 amide bonds. The Hall–Kier alpha value is -3.71. The number of nitrogens with zero attached hydrogens (tertiary/aromatic N) is 6. The molecule has 2 atom stereocenters. The third-order valence-electron chi connectivity index (χ3n) is 4.70. The van der Waals surface area contributed by atoms with Crippen LogP contribution in [-0.4, -0.2) is 35.7 Å². The number of aliphatic hydroxyl groups excluding tert-OH is 1. The van der Waals surface area contributed by atoms with Crippen LogP contribution in [0.2, 0.25) is 0 Å². The van der Waals surface area contributed by atoms with Gasteiger partial charge in [0, 0.05) is 17.3 Å². The third kappa shape index (κ3) is 3.01. The van der Waals surface area contributed by atoms with E-state index in [9.17, 15) is 18.7 Å². The molecule has 0 aliphatic carbocycles. The molecular formula is C19H14F2N6O2. The maximum Gasteiger partial charge on any atom is 0.299 e. The van der Waals surface area contributed by atoms with Gasteiger partial charge in [-0.3, -0.25) is 9.69 Å². The maximum atomic E-state index is 13.3. The number of nitriles is 1. The SMILES string of the molecule is CC(c1nc(C(F)F)nn1-c1ccc(C#N)cn1)N1C(=O)c2ccccc2C1O. The summed E-state index contributed by atoms with van der Waals surface area (Å²) in [5.41, 5.74) is 1.06. The summed E-state index contributed by atoms with van der Waals surface area (Å²) in [7, 11) is 0. The van der Waals surface area contributed by atoms with Crippen LogP contribution in [0.5, 0.6) is 0 Å². The number of benzene rings is 1. The Labute approximate surface area is 163 Å². The number of pyridine rings is 1. The van der Waals surface area contributed by atoms with Gasteiger partial charge in [-0.25, -0.2) is 18.7 Å². The summed E-state index contributed by atoms with van der Waals surface area (Å²) in [6.45, 7) is 1.56. The van der Waals surface area contributed by atoms with Crippen LogP contribution in [0.3, 0.4) is 0 Å². The van der Waals surface area contributed by atoms with Gasteiger partial charge in [-0.1, -0.05) is 18.2 Å². The molecule has 1 aromatic carbocycles. The minimum absolute atomic E-state index is 0.0118. The molecule has 0 bridgehead atoms. The molecule has 8 nitrogen and oxygen atoms in total. The number of alkyl halides is 2. The van der Waals surface area contributed by atoms with Gasteiger partial charge in [-0.15, -0.1) is 5.10 Å². The fourth-order valence-corrected chi connectivity index (χ4v) is 3.28. The molecule has 4 rings (SSSR count). The Balaban J connectivity index is 1.78. The Morgan fingerprint density at radius 1 is 1.24 bits per heavy atom. The Bertz CT molecular complexity index is 1120. The number of rotatable bonds is 4. The largest absolute Gasteiger partial charge is 0.369 e. The van der Waals surface area contributed by atoms with Crippen LogP contribution >= 0.6 is 0 Å². The standard InChI is InChI=1S/C19H14F2N6O2/c1-10(26-18(28)12-4-2-3-5-13(12)19(26)29)17-24-16(15(20)21)25-27(17)14-7-6-11(8-22)9-23-14/h2-7,9-10,15,18,28H,1H3. The molecule has 2 unspecified atom stereocenters. The number of carbonyl (C=O) groups excluding carboxylic acids is 1. The number of hydrogen-bond donors (Lipinski definition) is 1. The zero-order valence-electron chi connectivity index (χ0n) is 15.1. The molecule has 0 radical (unpaired) electrons. The van der Waals surface area contributed by atoms with E-state index in [1.165, 1.54) is 18.3 Å². The fourth-order valence-electron chi connectivity index (χ4n) is 3.28. The first kappa shape index (κ1) is 18.6. The first-order chi connectivity index (χ1) is 13.9. The van der Waals surface area contributed by atoms with Crippen LogP contribution in [0, 0.1) is 11.3 Å². The van der Waals surface area contributed by atoms with Crippen LogP contribution in [0.25, 0.3) is 5.82 Å². The average Bonchev–Trinajstić information content (AvgIpc) is 3.29. The second-order valence-corrected chi connectivity index (χ2v) is 6.41. The van der Waals surface area contributed by atoms with E-state index in [1.807, 2.05) is 6.07 Å². The summed E-state index contributed by atoms with van der Waals surface area (Å²) in [6, 6.07) is 10.5. The van der Waals surface area contributed by atoms with Crippen LogP contribution in [0.15, 0.2) is 42.6 Å². The van der Waals surface area contributed by atoms with E-state index < -0.39 is 30.4 Å². The summed E-state index contributed by atoms with van der Waals surface area (Å²) in [5.74, 6) is -1.00. The van der Waals surface area contributed by atoms with Crippen molar-refractivity contribution in [2.24, 2.45) is 0 Å². The van der Waals surface area contributed by atoms with Gasteiger partial charge in [0.25, 0.3) is 12.3 Å². The molecule has 1 N–H and O–H groups in total. The van der Waals surface area contributed by atoms with Gasteiger partial charge in [0.2, 0.25) is 5.82 Å². The molecular weight excluding hydrogens is 382 g/mol. The van der Waals surface area contributed by atoms with E-state index in [0.29, 0.717) is 11.1 Å². The molecule has 1 aliphatic rings. The van der Waals surface area contributed by atoms with Gasteiger partial charge >= 0.3 is 0 Å². The molecule has 0 saturated carbocycles. The predicted octanol–water partition coefficient (Wildman–Crippen LogP) is 2.68. The lowest BCUT2D eigenvalue weighted by Crippen LogP contribution is -2.32. The Kier molecular flexibility index (Phi) is 4.52. The third-order valence-corrected chi connectivity index (χ3v) is 4.70. The van der Waals surface area contributed by atoms with E-state index in [2.05, 4.69) is 15.1 Å². The molecule has 1 aliphatic heterocycles. The highest BCUT2D eigenvalue weighted by Gasteiger charge is 2.40. The summed E-state index contributed by atoms with van der Waals surface area (Å²) >= 11 is 0. The minimum Gasteiger partial charge on any atom is -0.369 e. The number of carbonyl (C=O) groups is 1. The summed E-state index contributed by atoms with van der Waals surface area (Å²) in [5, 5.41) is 23.4. The lowest BCUT2D eigenvalue weighted by Gasteiger charge is -2.27. The molecule has 10 heteroatoms. The molecule has 3 heterocycles. The monoisotopic (exact) mass is 396 g/mol. The highest BCUT2D eigenvalue weighted by molar-refractivity contribution is 5.99. The lowest BCUT2D eigenvalue weighted by molar-refractivity contribution is -0.00237. The van der Waals surface area contributed by atoms with Crippen molar-refractivity contribution in [3.8, 4) is 11.9 Å². The van der Waals surface area contributed by atoms with Crippen LogP contribution in [-0.2, 0) is 0 Å². The van der Waals surface area contributed by atoms with E-state index in [1.54, 1.807) is 31.2 Å². The molecule has 3 aromatic rings. The Morgan fingerprint density at radius 3 is 2.62 bits per heavy atom. The van der Waals surface area contributed by atoms with Crippen molar-refractivity contribution in [3.63, 3.8) is 0 Å². The normalized spacial score (nSPS) is 16.8. The molecule has 29 heavy (non-hydrogen) atoms. The second kappa shape index (κ2) is 7.03. The first-order valence-electron chi connectivity index (χ1n) is 8.63. The van der Waals surface area contributed by atoms with Gasteiger partial charge in [0.15, 0.2) is 17.9 Å². The summed E-state index contributed by atoms with van der Waals surface area (Å²) in [4.78, 5) is 21.9. The van der Waals surface area contributed by atoms with Crippen molar-refractivity contribution >= 4 is 5.91 Å². The van der Waals surface area contributed by atoms with Crippen molar-refractivity contribution in [2.75, 3.05) is 0 Å². The van der Waals surface area contributed by atoms with Crippen molar-refractivity contribution in [2.45, 2.75) is 25.6 Å². The van der Waals surface area contributed by atoms with Crippen molar-refractivity contribution in [1.82, 2.24) is 24.6 Å². The van der Waals surface area contributed by atoms with Gasteiger partial charge in [-0.05, 0) is 25.1 Å². The first-order valence-corrected chi connectivity index (χ1v) is 8.63. The topological polar surface area (TPSA) is 108 Å². The van der Waals surface area contributed by atoms with E-state index in [4.69, 9.17) is 5.26 Å². The zero-order chi connectivity index (χ0) is 20.7. The lowest BCUT2D eigenvalue weighted by atomic mass is 10.1. The predicted molar refractivity (Wildman–Crippen MR) is 94.8 cm³/mol. The van der Waals surface area contributed by atoms with Gasteiger partial charge in [-0.2, -0.15) is 9.94 Å². The molecule has 0 fully saturated rings. The smallest absolute Gasteiger partial charge is 0.299 e. The van der Waals surface area contributed by atoms with Gasteiger partial charge in [0.1, 0.15) is 6.07 Å². The Morgan fingerprint density at radius 2 is 2.00 bits per heavy atom. The molecule has 2 aromatic heterocycles. The quantitative estimate of drug-likeness (QED) is 0.726. The molecule has 146 valence electrons.